The lowest BCUT2D eigenvalue weighted by atomic mass is 9.94. The second-order valence-corrected chi connectivity index (χ2v) is 13.2. The van der Waals surface area contributed by atoms with Gasteiger partial charge in [-0.05, 0) is 96.0 Å². The Hall–Kier alpha value is -4.18. The fourth-order valence-corrected chi connectivity index (χ4v) is 6.34. The van der Waals surface area contributed by atoms with Gasteiger partial charge < -0.3 is 29.4 Å². The number of aryl methyl sites for hydroxylation is 2. The first-order valence-corrected chi connectivity index (χ1v) is 15.8. The second kappa shape index (κ2) is 13.4. The largest absolute Gasteiger partial charge is 0.446 e. The SMILES string of the molecule is Cc1cc(C(=O)NC(Cc2ccccc2)C(O)C2CCCN2C(=O)OC(C)(C)C)cc(C(=O)N2CCCC2c2nc(C)co2)c1. The molecule has 2 fully saturated rings. The van der Waals surface area contributed by atoms with E-state index in [-0.39, 0.29) is 11.9 Å². The van der Waals surface area contributed by atoms with E-state index >= 15 is 0 Å². The lowest BCUT2D eigenvalue weighted by Gasteiger charge is -2.35. The van der Waals surface area contributed by atoms with E-state index in [1.165, 1.54) is 0 Å². The Morgan fingerprint density at radius 1 is 1.02 bits per heavy atom. The number of hydrogen-bond acceptors (Lipinski definition) is 7. The van der Waals surface area contributed by atoms with Gasteiger partial charge in [-0.25, -0.2) is 9.78 Å². The van der Waals surface area contributed by atoms with E-state index in [4.69, 9.17) is 9.15 Å². The number of ether oxygens (including phenoxy) is 1. The minimum Gasteiger partial charge on any atom is -0.446 e. The number of aromatic nitrogens is 1. The quantitative estimate of drug-likeness (QED) is 0.349. The molecule has 0 bridgehead atoms. The van der Waals surface area contributed by atoms with Crippen LogP contribution < -0.4 is 5.32 Å². The molecule has 0 aliphatic carbocycles. The monoisotopic (exact) mass is 616 g/mol. The molecule has 3 heterocycles. The molecule has 0 radical (unpaired) electrons. The fourth-order valence-electron chi connectivity index (χ4n) is 6.34. The van der Waals surface area contributed by atoms with E-state index in [2.05, 4.69) is 10.3 Å². The molecule has 10 nitrogen and oxygen atoms in total. The Kier molecular flexibility index (Phi) is 9.62. The molecule has 5 rings (SSSR count). The van der Waals surface area contributed by atoms with E-state index < -0.39 is 35.8 Å². The summed E-state index contributed by atoms with van der Waals surface area (Å²) in [6.07, 6.45) is 3.31. The van der Waals surface area contributed by atoms with Crippen LogP contribution in [-0.2, 0) is 11.2 Å². The number of carbonyl (C=O) groups excluding carboxylic acids is 3. The van der Waals surface area contributed by atoms with Gasteiger partial charge in [-0.15, -0.1) is 0 Å². The number of oxazole rings is 1. The van der Waals surface area contributed by atoms with E-state index in [9.17, 15) is 19.5 Å². The normalized spacial score (nSPS) is 19.8. The maximum absolute atomic E-state index is 13.8. The highest BCUT2D eigenvalue weighted by atomic mass is 16.6. The minimum absolute atomic E-state index is 0.189. The molecule has 3 aromatic rings. The molecule has 2 aliphatic heterocycles. The van der Waals surface area contributed by atoms with E-state index in [1.54, 1.807) is 34.3 Å². The lowest BCUT2D eigenvalue weighted by molar-refractivity contribution is -0.00161. The molecule has 10 heteroatoms. The molecule has 2 aromatic carbocycles. The van der Waals surface area contributed by atoms with Crippen molar-refractivity contribution in [3.8, 4) is 0 Å². The van der Waals surface area contributed by atoms with Crippen LogP contribution in [0.5, 0.6) is 0 Å². The van der Waals surface area contributed by atoms with Gasteiger partial charge in [0.05, 0.1) is 23.9 Å². The van der Waals surface area contributed by atoms with Crippen LogP contribution in [0, 0.1) is 13.8 Å². The maximum atomic E-state index is 13.8. The van der Waals surface area contributed by atoms with Crippen molar-refractivity contribution >= 4 is 17.9 Å². The van der Waals surface area contributed by atoms with Gasteiger partial charge in [-0.3, -0.25) is 9.59 Å². The number of likely N-dealkylation sites (tertiary alicyclic amines) is 2. The van der Waals surface area contributed by atoms with Crippen molar-refractivity contribution in [3.05, 3.63) is 88.6 Å². The summed E-state index contributed by atoms with van der Waals surface area (Å²) in [4.78, 5) is 48.4. The van der Waals surface area contributed by atoms with Crippen LogP contribution in [0.4, 0.5) is 4.79 Å². The summed E-state index contributed by atoms with van der Waals surface area (Å²) < 4.78 is 11.2. The molecule has 45 heavy (non-hydrogen) atoms. The minimum atomic E-state index is -1.05. The average Bonchev–Trinajstić information content (AvgIpc) is 3.76. The summed E-state index contributed by atoms with van der Waals surface area (Å²) in [5.74, 6) is -0.0733. The topological polar surface area (TPSA) is 125 Å². The van der Waals surface area contributed by atoms with Gasteiger partial charge in [0.15, 0.2) is 0 Å². The zero-order valence-electron chi connectivity index (χ0n) is 26.8. The molecule has 3 amide bonds. The first-order chi connectivity index (χ1) is 21.4. The molecule has 1 aromatic heterocycles. The summed E-state index contributed by atoms with van der Waals surface area (Å²) in [5.41, 5.74) is 2.52. The highest BCUT2D eigenvalue weighted by molar-refractivity contribution is 6.00. The van der Waals surface area contributed by atoms with Crippen molar-refractivity contribution in [2.45, 2.75) is 96.6 Å². The smallest absolute Gasteiger partial charge is 0.410 e. The first-order valence-electron chi connectivity index (χ1n) is 15.8. The second-order valence-electron chi connectivity index (χ2n) is 13.2. The number of rotatable bonds is 8. The third-order valence-corrected chi connectivity index (χ3v) is 8.37. The molecule has 2 aliphatic rings. The van der Waals surface area contributed by atoms with Crippen molar-refractivity contribution in [2.75, 3.05) is 13.1 Å². The van der Waals surface area contributed by atoms with Crippen molar-refractivity contribution in [3.63, 3.8) is 0 Å². The molecule has 2 N–H and O–H groups in total. The summed E-state index contributed by atoms with van der Waals surface area (Å²) in [7, 11) is 0. The van der Waals surface area contributed by atoms with E-state index in [1.807, 2.05) is 65.0 Å². The molecule has 0 spiro atoms. The summed E-state index contributed by atoms with van der Waals surface area (Å²) in [5, 5.41) is 14.8. The number of carbonyl (C=O) groups is 3. The summed E-state index contributed by atoms with van der Waals surface area (Å²) in [6, 6.07) is 13.3. The number of nitrogens with one attached hydrogen (secondary N) is 1. The van der Waals surface area contributed by atoms with Gasteiger partial charge >= 0.3 is 6.09 Å². The number of aliphatic hydroxyl groups is 1. The van der Waals surface area contributed by atoms with Gasteiger partial charge in [0.1, 0.15) is 17.9 Å². The van der Waals surface area contributed by atoms with Gasteiger partial charge in [-0.1, -0.05) is 30.3 Å². The molecular formula is C35H44N4O6. The van der Waals surface area contributed by atoms with Crippen molar-refractivity contribution in [1.29, 1.82) is 0 Å². The lowest BCUT2D eigenvalue weighted by Crippen LogP contribution is -2.54. The standard InChI is InChI=1S/C35H44N4O6/c1-22-17-25(20-26(18-22)33(42)38-15-10-14-29(38)32-36-23(2)21-44-32)31(41)37-27(19-24-11-7-6-8-12-24)30(40)28-13-9-16-39(28)34(43)45-35(3,4)5/h6-8,11-12,17-18,20-21,27-30,40H,9-10,13-16,19H2,1-5H3,(H,37,41). The van der Waals surface area contributed by atoms with Crippen molar-refractivity contribution < 1.29 is 28.6 Å². The Morgan fingerprint density at radius 2 is 1.71 bits per heavy atom. The van der Waals surface area contributed by atoms with Crippen LogP contribution in [0.3, 0.4) is 0 Å². The van der Waals surface area contributed by atoms with Gasteiger partial charge in [0, 0.05) is 24.2 Å². The number of nitrogens with zero attached hydrogens (tertiary/aromatic N) is 3. The molecule has 240 valence electrons. The van der Waals surface area contributed by atoms with E-state index in [0.717, 1.165) is 36.1 Å². The van der Waals surface area contributed by atoms with Crippen LogP contribution in [0.2, 0.25) is 0 Å². The first kappa shape index (κ1) is 32.2. The third kappa shape index (κ3) is 7.73. The molecule has 2 saturated heterocycles. The predicted molar refractivity (Wildman–Crippen MR) is 169 cm³/mol. The fraction of sp³-hybridized carbons (Fsp3) is 0.486. The van der Waals surface area contributed by atoms with Gasteiger partial charge in [0.25, 0.3) is 11.8 Å². The van der Waals surface area contributed by atoms with Crippen molar-refractivity contribution in [1.82, 2.24) is 20.1 Å². The predicted octanol–water partition coefficient (Wildman–Crippen LogP) is 5.37. The zero-order valence-corrected chi connectivity index (χ0v) is 26.8. The van der Waals surface area contributed by atoms with Crippen LogP contribution >= 0.6 is 0 Å². The van der Waals surface area contributed by atoms with Gasteiger partial charge in [0.2, 0.25) is 5.89 Å². The summed E-state index contributed by atoms with van der Waals surface area (Å²) in [6.45, 7) is 10.2. The number of hydrogen-bond donors (Lipinski definition) is 2. The van der Waals surface area contributed by atoms with Crippen LogP contribution in [-0.4, -0.2) is 74.7 Å². The maximum Gasteiger partial charge on any atom is 0.410 e. The molecule has 4 unspecified atom stereocenters. The van der Waals surface area contributed by atoms with Crippen LogP contribution in [0.1, 0.15) is 95.9 Å². The van der Waals surface area contributed by atoms with Crippen LogP contribution in [0.15, 0.2) is 59.2 Å². The van der Waals surface area contributed by atoms with Crippen LogP contribution in [0.25, 0.3) is 0 Å². The van der Waals surface area contributed by atoms with Crippen molar-refractivity contribution in [2.24, 2.45) is 0 Å². The number of amides is 3. The number of aliphatic hydroxyl groups excluding tert-OH is 1. The average molecular weight is 617 g/mol. The summed E-state index contributed by atoms with van der Waals surface area (Å²) >= 11 is 0. The zero-order chi connectivity index (χ0) is 32.3. The Balaban J connectivity index is 1.37. The number of benzene rings is 2. The highest BCUT2D eigenvalue weighted by Crippen LogP contribution is 2.33. The molecular weight excluding hydrogens is 572 g/mol. The molecule has 4 atom stereocenters. The Bertz CT molecular complexity index is 1510. The van der Waals surface area contributed by atoms with E-state index in [0.29, 0.717) is 42.9 Å². The van der Waals surface area contributed by atoms with Gasteiger partial charge in [-0.2, -0.15) is 0 Å². The Labute approximate surface area is 264 Å². The highest BCUT2D eigenvalue weighted by Gasteiger charge is 2.40. The Morgan fingerprint density at radius 3 is 2.40 bits per heavy atom. The molecule has 0 saturated carbocycles. The third-order valence-electron chi connectivity index (χ3n) is 8.37.